The predicted octanol–water partition coefficient (Wildman–Crippen LogP) is 7.05. The van der Waals surface area contributed by atoms with Crippen molar-refractivity contribution in [3.8, 4) is 0 Å². The number of thioether (sulfide) groups is 2. The molecule has 0 amide bonds. The number of ketones is 1. The molecule has 1 nitrogen and oxygen atoms in total. The molecule has 0 N–H and O–H groups in total. The van der Waals surface area contributed by atoms with Crippen LogP contribution in [0.5, 0.6) is 0 Å². The summed E-state index contributed by atoms with van der Waals surface area (Å²) in [5.41, 5.74) is 2.81. The number of carbonyl (C=O) groups excluding carboxylic acids is 1. The molecule has 3 heteroatoms. The van der Waals surface area contributed by atoms with Gasteiger partial charge in [0, 0.05) is 22.6 Å². The molecule has 1 aliphatic rings. The van der Waals surface area contributed by atoms with Crippen molar-refractivity contribution in [1.29, 1.82) is 0 Å². The van der Waals surface area contributed by atoms with E-state index < -0.39 is 0 Å². The van der Waals surface area contributed by atoms with Crippen molar-refractivity contribution in [3.05, 3.63) is 59.7 Å². The number of hydrogen-bond acceptors (Lipinski definition) is 3. The van der Waals surface area contributed by atoms with Crippen LogP contribution >= 0.6 is 23.5 Å². The van der Waals surface area contributed by atoms with Crippen LogP contribution in [0.4, 0.5) is 0 Å². The Morgan fingerprint density at radius 1 is 0.923 bits per heavy atom. The molecule has 1 aliphatic carbocycles. The van der Waals surface area contributed by atoms with Crippen LogP contribution in [0.15, 0.2) is 58.3 Å². The summed E-state index contributed by atoms with van der Waals surface area (Å²) >= 11 is 3.91. The zero-order chi connectivity index (χ0) is 18.6. The van der Waals surface area contributed by atoms with E-state index in [4.69, 9.17) is 0 Å². The van der Waals surface area contributed by atoms with Gasteiger partial charge in [0.25, 0.3) is 0 Å². The van der Waals surface area contributed by atoms with E-state index in [2.05, 4.69) is 69.3 Å². The van der Waals surface area contributed by atoms with Crippen molar-refractivity contribution in [1.82, 2.24) is 0 Å². The third-order valence-corrected chi connectivity index (χ3v) is 7.86. The van der Waals surface area contributed by atoms with E-state index in [9.17, 15) is 4.79 Å². The Kier molecular flexibility index (Phi) is 6.52. The van der Waals surface area contributed by atoms with Gasteiger partial charge in [-0.05, 0) is 62.8 Å². The first-order valence-electron chi connectivity index (χ1n) is 9.40. The summed E-state index contributed by atoms with van der Waals surface area (Å²) in [5, 5.41) is 0. The van der Waals surface area contributed by atoms with Gasteiger partial charge < -0.3 is 0 Å². The molecule has 0 aromatic heterocycles. The van der Waals surface area contributed by atoms with Crippen LogP contribution in [0.3, 0.4) is 0 Å². The number of benzene rings is 2. The quantitative estimate of drug-likeness (QED) is 0.376. The van der Waals surface area contributed by atoms with Gasteiger partial charge in [-0.15, -0.1) is 23.5 Å². The Balaban J connectivity index is 1.68. The lowest BCUT2D eigenvalue weighted by Crippen LogP contribution is -2.14. The Morgan fingerprint density at radius 3 is 1.85 bits per heavy atom. The normalized spacial score (nSPS) is 20.1. The summed E-state index contributed by atoms with van der Waals surface area (Å²) in [6.07, 6.45) is 4.85. The average molecular weight is 385 g/mol. The lowest BCUT2D eigenvalue weighted by Gasteiger charge is -2.25. The minimum Gasteiger partial charge on any atom is -0.300 e. The Hall–Kier alpha value is -1.19. The standard InChI is InChI=1S/C23H28OS2/c1-17-4-8-20(9-5-17)25-22(26-21-10-6-18(2)7-11-21)13-15-23(3)14-12-19(24)16-23/h4-11,22H,12-16H2,1-3H3/t23-/m0/s1. The largest absolute Gasteiger partial charge is 0.300 e. The molecule has 3 rings (SSSR count). The van der Waals surface area contributed by atoms with E-state index in [0.717, 1.165) is 32.1 Å². The molecule has 26 heavy (non-hydrogen) atoms. The highest BCUT2D eigenvalue weighted by molar-refractivity contribution is 8.17. The molecule has 2 aromatic carbocycles. The fourth-order valence-electron chi connectivity index (χ4n) is 3.45. The van der Waals surface area contributed by atoms with Gasteiger partial charge >= 0.3 is 0 Å². The van der Waals surface area contributed by atoms with Crippen LogP contribution in [0.1, 0.15) is 50.2 Å². The second-order valence-electron chi connectivity index (χ2n) is 7.86. The maximum absolute atomic E-state index is 11.7. The summed E-state index contributed by atoms with van der Waals surface area (Å²) in [6, 6.07) is 17.7. The first-order chi connectivity index (χ1) is 12.4. The molecule has 0 bridgehead atoms. The van der Waals surface area contributed by atoms with Crippen LogP contribution in [-0.2, 0) is 4.79 Å². The van der Waals surface area contributed by atoms with Gasteiger partial charge in [0.1, 0.15) is 5.78 Å². The summed E-state index contributed by atoms with van der Waals surface area (Å²) in [5.74, 6) is 0.446. The van der Waals surface area contributed by atoms with E-state index in [1.165, 1.54) is 20.9 Å². The van der Waals surface area contributed by atoms with Crippen LogP contribution in [0.25, 0.3) is 0 Å². The van der Waals surface area contributed by atoms with E-state index >= 15 is 0 Å². The summed E-state index contributed by atoms with van der Waals surface area (Å²) in [6.45, 7) is 6.55. The molecule has 138 valence electrons. The van der Waals surface area contributed by atoms with E-state index in [1.807, 2.05) is 23.5 Å². The molecule has 0 unspecified atom stereocenters. The SMILES string of the molecule is Cc1ccc(SC(CC[C@]2(C)CCC(=O)C2)Sc2ccc(C)cc2)cc1. The van der Waals surface area contributed by atoms with Crippen molar-refractivity contribution < 1.29 is 4.79 Å². The molecule has 2 aromatic rings. The monoisotopic (exact) mass is 384 g/mol. The molecule has 0 saturated heterocycles. The maximum Gasteiger partial charge on any atom is 0.133 e. The predicted molar refractivity (Wildman–Crippen MR) is 114 cm³/mol. The first-order valence-corrected chi connectivity index (χ1v) is 11.2. The van der Waals surface area contributed by atoms with Gasteiger partial charge in [0.2, 0.25) is 0 Å². The highest BCUT2D eigenvalue weighted by Gasteiger charge is 2.34. The topological polar surface area (TPSA) is 17.1 Å². The maximum atomic E-state index is 11.7. The fraction of sp³-hybridized carbons (Fsp3) is 0.435. The van der Waals surface area contributed by atoms with E-state index in [0.29, 0.717) is 10.4 Å². The van der Waals surface area contributed by atoms with Crippen molar-refractivity contribution in [2.45, 2.75) is 67.2 Å². The van der Waals surface area contributed by atoms with Crippen LogP contribution in [0, 0.1) is 19.3 Å². The molecular weight excluding hydrogens is 356 g/mol. The Morgan fingerprint density at radius 2 is 1.42 bits per heavy atom. The smallest absolute Gasteiger partial charge is 0.133 e. The molecule has 0 heterocycles. The molecular formula is C23H28OS2. The molecule has 0 radical (unpaired) electrons. The first kappa shape index (κ1) is 19.6. The van der Waals surface area contributed by atoms with Gasteiger partial charge in [0.15, 0.2) is 0 Å². The van der Waals surface area contributed by atoms with Crippen molar-refractivity contribution in [2.75, 3.05) is 0 Å². The summed E-state index contributed by atoms with van der Waals surface area (Å²) < 4.78 is 0.466. The Bertz CT molecular complexity index is 688. The molecule has 0 aliphatic heterocycles. The van der Waals surface area contributed by atoms with Gasteiger partial charge in [-0.25, -0.2) is 0 Å². The van der Waals surface area contributed by atoms with Gasteiger partial charge in [-0.2, -0.15) is 0 Å². The number of rotatable bonds is 7. The fourth-order valence-corrected chi connectivity index (χ4v) is 5.98. The van der Waals surface area contributed by atoms with Gasteiger partial charge in [0.05, 0.1) is 4.58 Å². The van der Waals surface area contributed by atoms with Crippen LogP contribution in [-0.4, -0.2) is 10.4 Å². The lowest BCUT2D eigenvalue weighted by atomic mass is 9.84. The lowest BCUT2D eigenvalue weighted by molar-refractivity contribution is -0.118. The van der Waals surface area contributed by atoms with Crippen molar-refractivity contribution in [3.63, 3.8) is 0 Å². The van der Waals surface area contributed by atoms with Crippen LogP contribution in [0.2, 0.25) is 0 Å². The van der Waals surface area contributed by atoms with E-state index in [-0.39, 0.29) is 5.41 Å². The number of Topliss-reactive ketones (excluding diaryl/α,β-unsaturated/α-hetero) is 1. The second kappa shape index (κ2) is 8.67. The number of aryl methyl sites for hydroxylation is 2. The molecule has 1 fully saturated rings. The third-order valence-electron chi connectivity index (χ3n) is 5.19. The molecule has 1 saturated carbocycles. The van der Waals surface area contributed by atoms with E-state index in [1.54, 1.807) is 0 Å². The van der Waals surface area contributed by atoms with Gasteiger partial charge in [-0.1, -0.05) is 42.3 Å². The molecule has 1 atom stereocenters. The summed E-state index contributed by atoms with van der Waals surface area (Å²) in [7, 11) is 0. The third kappa shape index (κ3) is 5.65. The summed E-state index contributed by atoms with van der Waals surface area (Å²) in [4.78, 5) is 14.4. The minimum atomic E-state index is 0.205. The average Bonchev–Trinajstić information content (AvgIpc) is 2.96. The highest BCUT2D eigenvalue weighted by Crippen LogP contribution is 2.44. The van der Waals surface area contributed by atoms with Crippen LogP contribution < -0.4 is 0 Å². The zero-order valence-electron chi connectivity index (χ0n) is 16.0. The second-order valence-corrected chi connectivity index (χ2v) is 10.7. The minimum absolute atomic E-state index is 0.205. The molecule has 0 spiro atoms. The number of hydrogen-bond donors (Lipinski definition) is 0. The van der Waals surface area contributed by atoms with Crippen molar-refractivity contribution in [2.24, 2.45) is 5.41 Å². The van der Waals surface area contributed by atoms with Crippen molar-refractivity contribution >= 4 is 29.3 Å². The Labute approximate surface area is 166 Å². The highest BCUT2D eigenvalue weighted by atomic mass is 32.2. The number of carbonyl (C=O) groups is 1. The zero-order valence-corrected chi connectivity index (χ0v) is 17.6. The van der Waals surface area contributed by atoms with Gasteiger partial charge in [-0.3, -0.25) is 4.79 Å².